The van der Waals surface area contributed by atoms with Crippen molar-refractivity contribution in [2.45, 2.75) is 148 Å². The molecule has 1 unspecified atom stereocenters. The van der Waals surface area contributed by atoms with E-state index >= 15 is 0 Å². The van der Waals surface area contributed by atoms with Crippen LogP contribution in [0.2, 0.25) is 0 Å². The van der Waals surface area contributed by atoms with Gasteiger partial charge in [0.1, 0.15) is 6.61 Å². The Hall–Kier alpha value is -3.29. The molecular weight excluding hydrogens is 699 g/mol. The Balaban J connectivity index is 4.13. The maximum absolute atomic E-state index is 12.3. The van der Waals surface area contributed by atoms with Crippen LogP contribution in [0.1, 0.15) is 142 Å². The molecule has 8 nitrogen and oxygen atoms in total. The lowest BCUT2D eigenvalue weighted by atomic mass is 10.1. The molecule has 0 saturated heterocycles. The Morgan fingerprint density at radius 1 is 0.500 bits per heavy atom. The molecule has 0 aliphatic rings. The predicted octanol–water partition coefficient (Wildman–Crippen LogP) is 12.4. The smallest absolute Gasteiger partial charge is 0.462 e. The fourth-order valence-electron chi connectivity index (χ4n) is 4.82. The van der Waals surface area contributed by atoms with Gasteiger partial charge in [-0.15, -0.1) is 0 Å². The standard InChI is InChI=1S/C45H71O8P/c1-3-5-7-9-11-13-15-17-18-19-20-21-22-23-24-25-26-28-29-31-33-35-37-39-44(46)51-41-43(42-52-54(48,49)50)53-45(47)40-38-36-34-32-30-27-16-14-12-10-8-6-4-2/h5,7,11,13,17-18,20-21,23-24,26-28,30-31,33-34,36,43H,3-4,6,8-10,12,14-16,19,22,25,29,32,35,37-42H2,1-2H3,(H2,48,49,50)/b7-5+,13-11+,18-17+,21-20+,24-23+,28-26+,30-27+,33-31+,36-34+. The number of allylic oxidation sites excluding steroid dienone is 18. The van der Waals surface area contributed by atoms with Gasteiger partial charge in [0.15, 0.2) is 6.10 Å². The summed E-state index contributed by atoms with van der Waals surface area (Å²) in [7, 11) is -4.79. The summed E-state index contributed by atoms with van der Waals surface area (Å²) < 4.78 is 26.2. The molecule has 0 aromatic rings. The topological polar surface area (TPSA) is 119 Å². The van der Waals surface area contributed by atoms with E-state index in [4.69, 9.17) is 19.3 Å². The number of hydrogen-bond acceptors (Lipinski definition) is 6. The van der Waals surface area contributed by atoms with E-state index in [-0.39, 0.29) is 19.4 Å². The van der Waals surface area contributed by atoms with Crippen molar-refractivity contribution >= 4 is 19.8 Å². The number of unbranched alkanes of at least 4 members (excludes halogenated alkanes) is 7. The highest BCUT2D eigenvalue weighted by molar-refractivity contribution is 7.46. The molecule has 0 aliphatic carbocycles. The molecule has 0 aliphatic heterocycles. The highest BCUT2D eigenvalue weighted by atomic mass is 31.2. The molecule has 9 heteroatoms. The van der Waals surface area contributed by atoms with Gasteiger partial charge in [-0.3, -0.25) is 14.1 Å². The molecule has 2 N–H and O–H groups in total. The summed E-state index contributed by atoms with van der Waals surface area (Å²) in [6.45, 7) is 3.44. The summed E-state index contributed by atoms with van der Waals surface area (Å²) in [4.78, 5) is 42.7. The number of ether oxygens (including phenoxy) is 2. The molecule has 0 saturated carbocycles. The third-order valence-corrected chi connectivity index (χ3v) is 8.27. The van der Waals surface area contributed by atoms with Crippen molar-refractivity contribution < 1.29 is 37.9 Å². The zero-order valence-electron chi connectivity index (χ0n) is 33.3. The van der Waals surface area contributed by atoms with Crippen LogP contribution in [0.5, 0.6) is 0 Å². The lowest BCUT2D eigenvalue weighted by molar-refractivity contribution is -0.161. The molecule has 304 valence electrons. The van der Waals surface area contributed by atoms with Crippen molar-refractivity contribution in [2.75, 3.05) is 13.2 Å². The van der Waals surface area contributed by atoms with Gasteiger partial charge < -0.3 is 19.3 Å². The second-order valence-corrected chi connectivity index (χ2v) is 14.1. The molecule has 0 heterocycles. The summed E-state index contributed by atoms with van der Waals surface area (Å²) in [6, 6.07) is 0. The zero-order valence-corrected chi connectivity index (χ0v) is 34.2. The normalized spacial score (nSPS) is 13.6. The van der Waals surface area contributed by atoms with Crippen LogP contribution >= 0.6 is 7.82 Å². The Kier molecular flexibility index (Phi) is 37.0. The molecular formula is C45H71O8P. The van der Waals surface area contributed by atoms with Crippen molar-refractivity contribution in [2.24, 2.45) is 0 Å². The van der Waals surface area contributed by atoms with Crippen molar-refractivity contribution in [3.63, 3.8) is 0 Å². The first-order chi connectivity index (χ1) is 26.3. The fourth-order valence-corrected chi connectivity index (χ4v) is 5.19. The molecule has 54 heavy (non-hydrogen) atoms. The van der Waals surface area contributed by atoms with Crippen LogP contribution in [0, 0.1) is 0 Å². The summed E-state index contributed by atoms with van der Waals surface area (Å²) in [6.07, 6.45) is 55.5. The first-order valence-corrected chi connectivity index (χ1v) is 21.7. The van der Waals surface area contributed by atoms with Gasteiger partial charge in [-0.1, -0.05) is 155 Å². The van der Waals surface area contributed by atoms with Crippen LogP contribution in [0.3, 0.4) is 0 Å². The fraction of sp³-hybridized carbons (Fsp3) is 0.556. The summed E-state index contributed by atoms with van der Waals surface area (Å²) in [5.74, 6) is -1.05. The number of phosphoric ester groups is 1. The van der Waals surface area contributed by atoms with Gasteiger partial charge in [0.05, 0.1) is 6.61 Å². The van der Waals surface area contributed by atoms with Crippen LogP contribution < -0.4 is 0 Å². The van der Waals surface area contributed by atoms with Crippen molar-refractivity contribution in [1.82, 2.24) is 0 Å². The molecule has 1 atom stereocenters. The molecule has 0 radical (unpaired) electrons. The second kappa shape index (κ2) is 39.4. The van der Waals surface area contributed by atoms with Crippen LogP contribution in [-0.4, -0.2) is 41.0 Å². The Morgan fingerprint density at radius 2 is 0.926 bits per heavy atom. The minimum atomic E-state index is -4.79. The first kappa shape index (κ1) is 50.7. The van der Waals surface area contributed by atoms with Crippen LogP contribution in [-0.2, 0) is 28.2 Å². The molecule has 0 rings (SSSR count). The average molecular weight is 771 g/mol. The largest absolute Gasteiger partial charge is 0.469 e. The first-order valence-electron chi connectivity index (χ1n) is 20.2. The van der Waals surface area contributed by atoms with E-state index in [2.05, 4.69) is 110 Å². The van der Waals surface area contributed by atoms with E-state index in [1.54, 1.807) is 0 Å². The maximum atomic E-state index is 12.3. The molecule has 0 fully saturated rings. The minimum Gasteiger partial charge on any atom is -0.462 e. The van der Waals surface area contributed by atoms with Gasteiger partial charge in [-0.05, 0) is 83.5 Å². The Bertz CT molecular complexity index is 1230. The van der Waals surface area contributed by atoms with Crippen molar-refractivity contribution in [3.8, 4) is 0 Å². The lowest BCUT2D eigenvalue weighted by Crippen LogP contribution is -2.29. The highest BCUT2D eigenvalue weighted by Gasteiger charge is 2.22. The van der Waals surface area contributed by atoms with Gasteiger partial charge in [-0.2, -0.15) is 0 Å². The second-order valence-electron chi connectivity index (χ2n) is 12.9. The summed E-state index contributed by atoms with van der Waals surface area (Å²) in [5, 5.41) is 0. The molecule has 0 spiro atoms. The van der Waals surface area contributed by atoms with Crippen molar-refractivity contribution in [3.05, 3.63) is 109 Å². The quantitative estimate of drug-likeness (QED) is 0.0283. The van der Waals surface area contributed by atoms with Crippen molar-refractivity contribution in [1.29, 1.82) is 0 Å². The van der Waals surface area contributed by atoms with E-state index in [9.17, 15) is 14.2 Å². The van der Waals surface area contributed by atoms with E-state index in [1.165, 1.54) is 38.5 Å². The SMILES string of the molecule is CC/C=C/C/C=C/C/C=C/C/C=C/C/C=C/C/C=C/C/C=C/CCCC(=O)OCC(COP(=O)(O)O)OC(=O)CC/C=C/C/C=C/CCCCCCCC. The lowest BCUT2D eigenvalue weighted by Gasteiger charge is -2.18. The summed E-state index contributed by atoms with van der Waals surface area (Å²) >= 11 is 0. The number of phosphoric acid groups is 1. The average Bonchev–Trinajstić information content (AvgIpc) is 3.14. The molecule has 0 aromatic carbocycles. The zero-order chi connectivity index (χ0) is 39.6. The maximum Gasteiger partial charge on any atom is 0.469 e. The monoisotopic (exact) mass is 770 g/mol. The number of hydrogen-bond donors (Lipinski definition) is 2. The van der Waals surface area contributed by atoms with Crippen LogP contribution in [0.4, 0.5) is 0 Å². The number of carbonyl (C=O) groups is 2. The molecule has 0 aromatic heterocycles. The molecule has 0 bridgehead atoms. The van der Waals surface area contributed by atoms with E-state index in [0.717, 1.165) is 57.8 Å². The van der Waals surface area contributed by atoms with E-state index in [1.807, 2.05) is 18.2 Å². The Morgan fingerprint density at radius 3 is 1.41 bits per heavy atom. The number of carbonyl (C=O) groups excluding carboxylic acids is 2. The van der Waals surface area contributed by atoms with E-state index < -0.39 is 32.5 Å². The third kappa shape index (κ3) is 41.5. The van der Waals surface area contributed by atoms with Gasteiger partial charge in [0.2, 0.25) is 0 Å². The number of esters is 2. The summed E-state index contributed by atoms with van der Waals surface area (Å²) in [5.41, 5.74) is 0. The van der Waals surface area contributed by atoms with E-state index in [0.29, 0.717) is 19.3 Å². The number of rotatable bonds is 35. The van der Waals surface area contributed by atoms with Gasteiger partial charge in [0.25, 0.3) is 0 Å². The minimum absolute atomic E-state index is 0.0865. The van der Waals surface area contributed by atoms with Gasteiger partial charge in [-0.25, -0.2) is 4.57 Å². The molecule has 0 amide bonds. The van der Waals surface area contributed by atoms with Gasteiger partial charge >= 0.3 is 19.8 Å². The van der Waals surface area contributed by atoms with Crippen LogP contribution in [0.25, 0.3) is 0 Å². The van der Waals surface area contributed by atoms with Gasteiger partial charge in [0, 0.05) is 12.8 Å². The Labute approximate surface area is 327 Å². The van der Waals surface area contributed by atoms with Crippen LogP contribution in [0.15, 0.2) is 109 Å². The third-order valence-electron chi connectivity index (χ3n) is 7.79. The highest BCUT2D eigenvalue weighted by Crippen LogP contribution is 2.35. The predicted molar refractivity (Wildman–Crippen MR) is 225 cm³/mol.